The molecule has 1 aromatic carbocycles. The van der Waals surface area contributed by atoms with Gasteiger partial charge in [-0.3, -0.25) is 4.79 Å². The van der Waals surface area contributed by atoms with Gasteiger partial charge in [0.2, 0.25) is 5.91 Å². The molecule has 0 aliphatic rings. The van der Waals surface area contributed by atoms with Crippen LogP contribution in [0.1, 0.15) is 12.8 Å². The van der Waals surface area contributed by atoms with Gasteiger partial charge in [-0.2, -0.15) is 0 Å². The number of halogens is 1. The molecule has 3 N–H and O–H groups in total. The van der Waals surface area contributed by atoms with Gasteiger partial charge in [-0.25, -0.2) is 4.98 Å². The van der Waals surface area contributed by atoms with Crippen molar-refractivity contribution < 1.29 is 4.79 Å². The Morgan fingerprint density at radius 2 is 2.19 bits per heavy atom. The molecule has 0 aliphatic carbocycles. The third kappa shape index (κ3) is 5.28. The molecule has 0 bridgehead atoms. The van der Waals surface area contributed by atoms with Crippen LogP contribution in [0.5, 0.6) is 0 Å². The minimum absolute atomic E-state index is 0.0293. The molecule has 0 fully saturated rings. The molecule has 0 saturated heterocycles. The topological polar surface area (TPSA) is 68.0 Å². The lowest BCUT2D eigenvalue weighted by Gasteiger charge is -2.06. The molecule has 2 aromatic rings. The van der Waals surface area contributed by atoms with Gasteiger partial charge < -0.3 is 11.1 Å². The van der Waals surface area contributed by atoms with Crippen LogP contribution >= 0.6 is 23.4 Å². The molecule has 4 nitrogen and oxygen atoms in total. The summed E-state index contributed by atoms with van der Waals surface area (Å²) in [5.74, 6) is 0.825. The molecule has 1 heterocycles. The molecule has 1 aromatic heterocycles. The molecule has 6 heteroatoms. The van der Waals surface area contributed by atoms with Crippen LogP contribution in [0, 0.1) is 0 Å². The summed E-state index contributed by atoms with van der Waals surface area (Å²) in [5, 5.41) is 4.27. The number of carbonyl (C=O) groups excluding carboxylic acids is 1. The van der Waals surface area contributed by atoms with Crippen molar-refractivity contribution in [1.82, 2.24) is 4.98 Å². The second-order valence-corrected chi connectivity index (χ2v) is 5.93. The molecule has 2 rings (SSSR count). The number of nitrogens with zero attached hydrogens (tertiary/aromatic N) is 1. The summed E-state index contributed by atoms with van der Waals surface area (Å²) in [6.45, 7) is 0. The molecular formula is C15H16ClN3OS. The fraction of sp³-hybridized carbons (Fsp3) is 0.200. The number of nitrogen functional groups attached to an aromatic ring is 1. The van der Waals surface area contributed by atoms with Crippen molar-refractivity contribution in [2.24, 2.45) is 0 Å². The number of anilines is 2. The van der Waals surface area contributed by atoms with Crippen molar-refractivity contribution in [3.05, 3.63) is 47.6 Å². The third-order valence-corrected chi connectivity index (χ3v) is 4.09. The molecule has 21 heavy (non-hydrogen) atoms. The Kier molecular flexibility index (Phi) is 5.90. The zero-order valence-corrected chi connectivity index (χ0v) is 13.0. The first-order valence-electron chi connectivity index (χ1n) is 6.54. The van der Waals surface area contributed by atoms with E-state index >= 15 is 0 Å². The standard InChI is InChI=1S/C15H16ClN3OS/c16-12-7-6-11(10-13(12)17)19-14(20)4-3-9-21-15-5-1-2-8-18-15/h1-2,5-8,10H,3-4,9,17H2,(H,19,20). The van der Waals surface area contributed by atoms with Gasteiger partial charge in [-0.1, -0.05) is 17.7 Å². The van der Waals surface area contributed by atoms with E-state index < -0.39 is 0 Å². The summed E-state index contributed by atoms with van der Waals surface area (Å²) in [7, 11) is 0. The van der Waals surface area contributed by atoms with E-state index in [9.17, 15) is 4.79 Å². The number of pyridine rings is 1. The number of nitrogens with one attached hydrogen (secondary N) is 1. The maximum absolute atomic E-state index is 11.8. The normalized spacial score (nSPS) is 10.3. The first-order valence-corrected chi connectivity index (χ1v) is 7.90. The van der Waals surface area contributed by atoms with Crippen LogP contribution in [-0.2, 0) is 4.79 Å². The largest absolute Gasteiger partial charge is 0.397 e. The summed E-state index contributed by atoms with van der Waals surface area (Å²) in [4.78, 5) is 16.0. The molecule has 0 radical (unpaired) electrons. The maximum atomic E-state index is 11.8. The number of aromatic nitrogens is 1. The Morgan fingerprint density at radius 1 is 1.33 bits per heavy atom. The Morgan fingerprint density at radius 3 is 2.90 bits per heavy atom. The van der Waals surface area contributed by atoms with Gasteiger partial charge in [0, 0.05) is 18.3 Å². The summed E-state index contributed by atoms with van der Waals surface area (Å²) in [6, 6.07) is 10.9. The zero-order chi connectivity index (χ0) is 15.1. The van der Waals surface area contributed by atoms with Crippen molar-refractivity contribution in [2.75, 3.05) is 16.8 Å². The number of thioether (sulfide) groups is 1. The monoisotopic (exact) mass is 321 g/mol. The fourth-order valence-corrected chi connectivity index (χ4v) is 2.61. The second kappa shape index (κ2) is 7.90. The molecule has 0 unspecified atom stereocenters. The maximum Gasteiger partial charge on any atom is 0.224 e. The summed E-state index contributed by atoms with van der Waals surface area (Å²) >= 11 is 7.48. The van der Waals surface area contributed by atoms with Crippen molar-refractivity contribution >= 4 is 40.6 Å². The van der Waals surface area contributed by atoms with Gasteiger partial charge in [-0.05, 0) is 42.5 Å². The van der Waals surface area contributed by atoms with Crippen molar-refractivity contribution in [3.8, 4) is 0 Å². The highest BCUT2D eigenvalue weighted by Gasteiger charge is 2.04. The van der Waals surface area contributed by atoms with Crippen LogP contribution in [0.2, 0.25) is 5.02 Å². The SMILES string of the molecule is Nc1cc(NC(=O)CCCSc2ccccn2)ccc1Cl. The quantitative estimate of drug-likeness (QED) is 0.482. The highest BCUT2D eigenvalue weighted by atomic mass is 35.5. The number of rotatable bonds is 6. The summed E-state index contributed by atoms with van der Waals surface area (Å²) in [5.41, 5.74) is 6.81. The van der Waals surface area contributed by atoms with Crippen LogP contribution in [0.25, 0.3) is 0 Å². The Bertz CT molecular complexity index is 607. The van der Waals surface area contributed by atoms with Crippen LogP contribution in [0.4, 0.5) is 11.4 Å². The summed E-state index contributed by atoms with van der Waals surface area (Å²) in [6.07, 6.45) is 3.01. The van der Waals surface area contributed by atoms with Gasteiger partial charge in [0.15, 0.2) is 0 Å². The van der Waals surface area contributed by atoms with Gasteiger partial charge in [-0.15, -0.1) is 11.8 Å². The van der Waals surface area contributed by atoms with Gasteiger partial charge in [0.05, 0.1) is 15.7 Å². The molecule has 1 amide bonds. The van der Waals surface area contributed by atoms with Crippen LogP contribution in [0.15, 0.2) is 47.6 Å². The predicted octanol–water partition coefficient (Wildman–Crippen LogP) is 3.83. The third-order valence-electron chi connectivity index (χ3n) is 2.72. The van der Waals surface area contributed by atoms with E-state index in [1.54, 1.807) is 36.2 Å². The average Bonchev–Trinajstić information content (AvgIpc) is 2.49. The smallest absolute Gasteiger partial charge is 0.224 e. The first-order chi connectivity index (χ1) is 10.1. The number of nitrogens with two attached hydrogens (primary N) is 1. The van der Waals surface area contributed by atoms with Crippen LogP contribution < -0.4 is 11.1 Å². The number of hydrogen-bond donors (Lipinski definition) is 2. The van der Waals surface area contributed by atoms with E-state index in [1.807, 2.05) is 18.2 Å². The lowest BCUT2D eigenvalue weighted by Crippen LogP contribution is -2.11. The Labute approximate surface area is 133 Å². The number of benzene rings is 1. The van der Waals surface area contributed by atoms with Crippen LogP contribution in [0.3, 0.4) is 0 Å². The zero-order valence-electron chi connectivity index (χ0n) is 11.4. The molecule has 0 saturated carbocycles. The van der Waals surface area contributed by atoms with E-state index in [2.05, 4.69) is 10.3 Å². The molecule has 0 spiro atoms. The average molecular weight is 322 g/mol. The molecule has 0 aliphatic heterocycles. The van der Waals surface area contributed by atoms with Gasteiger partial charge in [0.25, 0.3) is 0 Å². The molecule has 0 atom stereocenters. The highest BCUT2D eigenvalue weighted by molar-refractivity contribution is 7.99. The van der Waals surface area contributed by atoms with Gasteiger partial charge >= 0.3 is 0 Å². The number of carbonyl (C=O) groups is 1. The van der Waals surface area contributed by atoms with Crippen molar-refractivity contribution in [2.45, 2.75) is 17.9 Å². The molecule has 110 valence electrons. The Hall–Kier alpha value is -1.72. The first kappa shape index (κ1) is 15.7. The highest BCUT2D eigenvalue weighted by Crippen LogP contribution is 2.22. The Balaban J connectivity index is 1.71. The molecular weight excluding hydrogens is 306 g/mol. The van der Waals surface area contributed by atoms with Crippen molar-refractivity contribution in [3.63, 3.8) is 0 Å². The minimum Gasteiger partial charge on any atom is -0.397 e. The van der Waals surface area contributed by atoms with Crippen LogP contribution in [-0.4, -0.2) is 16.6 Å². The number of hydrogen-bond acceptors (Lipinski definition) is 4. The minimum atomic E-state index is -0.0293. The number of amides is 1. The van der Waals surface area contributed by atoms with E-state index in [0.29, 0.717) is 22.8 Å². The van der Waals surface area contributed by atoms with Crippen molar-refractivity contribution in [1.29, 1.82) is 0 Å². The predicted molar refractivity (Wildman–Crippen MR) is 88.7 cm³/mol. The van der Waals surface area contributed by atoms with E-state index in [4.69, 9.17) is 17.3 Å². The fourth-order valence-electron chi connectivity index (χ4n) is 1.69. The van der Waals surface area contributed by atoms with E-state index in [-0.39, 0.29) is 5.91 Å². The van der Waals surface area contributed by atoms with Gasteiger partial charge in [0.1, 0.15) is 0 Å². The van der Waals surface area contributed by atoms with E-state index in [0.717, 1.165) is 17.2 Å². The lowest BCUT2D eigenvalue weighted by atomic mass is 10.2. The lowest BCUT2D eigenvalue weighted by molar-refractivity contribution is -0.116. The van der Waals surface area contributed by atoms with E-state index in [1.165, 1.54) is 0 Å². The summed E-state index contributed by atoms with van der Waals surface area (Å²) < 4.78 is 0. The second-order valence-electron chi connectivity index (χ2n) is 4.40.